The Labute approximate surface area is 181 Å². The Morgan fingerprint density at radius 3 is 2.69 bits per heavy atom. The van der Waals surface area contributed by atoms with Crippen LogP contribution in [0.1, 0.15) is 23.5 Å². The van der Waals surface area contributed by atoms with Crippen LogP contribution in [-0.2, 0) is 13.5 Å². The molecule has 26 heavy (non-hydrogen) atoms. The molecule has 1 atom stereocenters. The number of aromatic nitrogens is 2. The fourth-order valence-corrected chi connectivity index (χ4v) is 3.86. The van der Waals surface area contributed by atoms with Crippen LogP contribution in [0.5, 0.6) is 0 Å². The lowest BCUT2D eigenvalue weighted by molar-refractivity contribution is 0.486. The van der Waals surface area contributed by atoms with Crippen molar-refractivity contribution in [2.24, 2.45) is 12.0 Å². The first-order chi connectivity index (χ1) is 12.1. The topological polar surface area (TPSA) is 45.5 Å². The summed E-state index contributed by atoms with van der Waals surface area (Å²) in [6.45, 7) is 2.69. The monoisotopic (exact) mass is 507 g/mol. The number of likely N-dealkylation sites (tertiary alicyclic amines) is 1. The van der Waals surface area contributed by atoms with Gasteiger partial charge in [0.2, 0.25) is 0 Å². The highest BCUT2D eigenvalue weighted by Crippen LogP contribution is 2.27. The maximum Gasteiger partial charge on any atom is 0.193 e. The van der Waals surface area contributed by atoms with Crippen LogP contribution in [0, 0.1) is 0 Å². The lowest BCUT2D eigenvalue weighted by Crippen LogP contribution is -2.40. The summed E-state index contributed by atoms with van der Waals surface area (Å²) in [6, 6.07) is 5.61. The number of hydrogen-bond acceptors (Lipinski definition) is 2. The molecule has 1 fully saturated rings. The van der Waals surface area contributed by atoms with Gasteiger partial charge in [0.05, 0.1) is 6.20 Å². The van der Waals surface area contributed by atoms with Gasteiger partial charge in [-0.2, -0.15) is 5.10 Å². The number of aryl methyl sites for hydroxylation is 1. The van der Waals surface area contributed by atoms with Crippen LogP contribution in [0.3, 0.4) is 0 Å². The zero-order chi connectivity index (χ0) is 17.8. The SMILES string of the molecule is CN=C(NCCc1c(Cl)cccc1Cl)N1CCC(c2cnn(C)c2)C1.I. The molecule has 1 unspecified atom stereocenters. The molecule has 0 saturated carbocycles. The maximum absolute atomic E-state index is 6.23. The second-order valence-corrected chi connectivity index (χ2v) is 7.12. The largest absolute Gasteiger partial charge is 0.356 e. The van der Waals surface area contributed by atoms with Crippen LogP contribution in [0.25, 0.3) is 0 Å². The average molecular weight is 508 g/mol. The minimum absolute atomic E-state index is 0. The average Bonchev–Trinajstić information content (AvgIpc) is 3.23. The van der Waals surface area contributed by atoms with E-state index in [0.717, 1.165) is 44.0 Å². The summed E-state index contributed by atoms with van der Waals surface area (Å²) in [6.07, 6.45) is 5.94. The number of hydrogen-bond donors (Lipinski definition) is 1. The Hall–Kier alpha value is -0.990. The molecule has 1 aromatic heterocycles. The van der Waals surface area contributed by atoms with E-state index in [0.29, 0.717) is 16.0 Å². The summed E-state index contributed by atoms with van der Waals surface area (Å²) in [5, 5.41) is 9.13. The van der Waals surface area contributed by atoms with Crippen LogP contribution in [-0.4, -0.2) is 47.3 Å². The van der Waals surface area contributed by atoms with Gasteiger partial charge >= 0.3 is 0 Å². The zero-order valence-corrected chi connectivity index (χ0v) is 18.8. The molecule has 0 spiro atoms. The molecule has 0 radical (unpaired) electrons. The minimum atomic E-state index is 0. The fourth-order valence-electron chi connectivity index (χ4n) is 3.28. The molecular weight excluding hydrogens is 484 g/mol. The quantitative estimate of drug-likeness (QED) is 0.387. The van der Waals surface area contributed by atoms with E-state index < -0.39 is 0 Å². The van der Waals surface area contributed by atoms with Crippen LogP contribution < -0.4 is 5.32 Å². The maximum atomic E-state index is 6.23. The van der Waals surface area contributed by atoms with Gasteiger partial charge in [0, 0.05) is 55.9 Å². The molecule has 1 N–H and O–H groups in total. The predicted molar refractivity (Wildman–Crippen MR) is 119 cm³/mol. The molecular formula is C18H24Cl2IN5. The highest BCUT2D eigenvalue weighted by atomic mass is 127. The fraction of sp³-hybridized carbons (Fsp3) is 0.444. The van der Waals surface area contributed by atoms with Crippen LogP contribution in [0.2, 0.25) is 10.0 Å². The zero-order valence-electron chi connectivity index (χ0n) is 15.0. The van der Waals surface area contributed by atoms with Gasteiger partial charge in [0.15, 0.2) is 5.96 Å². The number of nitrogens with one attached hydrogen (secondary N) is 1. The van der Waals surface area contributed by atoms with Crippen molar-refractivity contribution < 1.29 is 0 Å². The lowest BCUT2D eigenvalue weighted by Gasteiger charge is -2.21. The van der Waals surface area contributed by atoms with E-state index in [2.05, 4.69) is 26.5 Å². The van der Waals surface area contributed by atoms with E-state index >= 15 is 0 Å². The van der Waals surface area contributed by atoms with Gasteiger partial charge in [-0.05, 0) is 36.1 Å². The molecule has 2 heterocycles. The van der Waals surface area contributed by atoms with Gasteiger partial charge in [-0.25, -0.2) is 0 Å². The highest BCUT2D eigenvalue weighted by molar-refractivity contribution is 14.0. The number of benzene rings is 1. The minimum Gasteiger partial charge on any atom is -0.356 e. The van der Waals surface area contributed by atoms with E-state index in [1.165, 1.54) is 5.56 Å². The first-order valence-electron chi connectivity index (χ1n) is 8.45. The second-order valence-electron chi connectivity index (χ2n) is 6.30. The molecule has 142 valence electrons. The van der Waals surface area contributed by atoms with Crippen LogP contribution in [0.15, 0.2) is 35.6 Å². The Morgan fingerprint density at radius 2 is 2.08 bits per heavy atom. The second kappa shape index (κ2) is 9.80. The van der Waals surface area contributed by atoms with E-state index in [9.17, 15) is 0 Å². The number of aliphatic imine (C=N–C) groups is 1. The van der Waals surface area contributed by atoms with Gasteiger partial charge in [-0.15, -0.1) is 24.0 Å². The standard InChI is InChI=1S/C18H23Cl2N5.HI/c1-21-18(22-8-6-15-16(19)4-3-5-17(15)20)25-9-7-13(12-25)14-10-23-24(2)11-14;/h3-5,10-11,13H,6-9,12H2,1-2H3,(H,21,22);1H. The predicted octanol–water partition coefficient (Wildman–Crippen LogP) is 3.95. The number of halogens is 3. The lowest BCUT2D eigenvalue weighted by atomic mass is 10.0. The Morgan fingerprint density at radius 1 is 1.35 bits per heavy atom. The Bertz CT molecular complexity index is 742. The smallest absolute Gasteiger partial charge is 0.193 e. The summed E-state index contributed by atoms with van der Waals surface area (Å²) in [4.78, 5) is 6.72. The summed E-state index contributed by atoms with van der Waals surface area (Å²) < 4.78 is 1.86. The van der Waals surface area contributed by atoms with Crippen molar-refractivity contribution in [3.05, 3.63) is 51.8 Å². The van der Waals surface area contributed by atoms with E-state index in [-0.39, 0.29) is 24.0 Å². The number of guanidine groups is 1. The molecule has 1 aromatic carbocycles. The molecule has 3 rings (SSSR count). The molecule has 0 bridgehead atoms. The molecule has 1 aliphatic heterocycles. The van der Waals surface area contributed by atoms with E-state index in [1.807, 2.05) is 43.2 Å². The van der Waals surface area contributed by atoms with Crippen molar-refractivity contribution in [2.45, 2.75) is 18.8 Å². The normalized spacial score (nSPS) is 17.3. The summed E-state index contributed by atoms with van der Waals surface area (Å²) >= 11 is 12.5. The van der Waals surface area contributed by atoms with Crippen molar-refractivity contribution in [1.82, 2.24) is 20.0 Å². The van der Waals surface area contributed by atoms with Crippen molar-refractivity contribution >= 4 is 53.1 Å². The molecule has 8 heteroatoms. The molecule has 0 aliphatic carbocycles. The number of rotatable bonds is 4. The van der Waals surface area contributed by atoms with Crippen LogP contribution >= 0.6 is 47.2 Å². The third-order valence-electron chi connectivity index (χ3n) is 4.62. The Kier molecular flexibility index (Phi) is 8.04. The summed E-state index contributed by atoms with van der Waals surface area (Å²) in [7, 11) is 3.78. The molecule has 1 saturated heterocycles. The van der Waals surface area contributed by atoms with Crippen molar-refractivity contribution in [1.29, 1.82) is 0 Å². The summed E-state index contributed by atoms with van der Waals surface area (Å²) in [5.41, 5.74) is 2.27. The highest BCUT2D eigenvalue weighted by Gasteiger charge is 2.26. The van der Waals surface area contributed by atoms with Crippen LogP contribution in [0.4, 0.5) is 0 Å². The molecule has 1 aliphatic rings. The first-order valence-corrected chi connectivity index (χ1v) is 9.21. The van der Waals surface area contributed by atoms with Gasteiger partial charge < -0.3 is 10.2 Å². The van der Waals surface area contributed by atoms with Crippen molar-refractivity contribution in [3.63, 3.8) is 0 Å². The molecule has 0 amide bonds. The van der Waals surface area contributed by atoms with Gasteiger partial charge in [0.1, 0.15) is 0 Å². The van der Waals surface area contributed by atoms with Gasteiger partial charge in [-0.3, -0.25) is 9.67 Å². The van der Waals surface area contributed by atoms with Gasteiger partial charge in [0.25, 0.3) is 0 Å². The Balaban J connectivity index is 0.00000243. The van der Waals surface area contributed by atoms with E-state index in [4.69, 9.17) is 23.2 Å². The van der Waals surface area contributed by atoms with Crippen molar-refractivity contribution in [2.75, 3.05) is 26.7 Å². The van der Waals surface area contributed by atoms with Crippen molar-refractivity contribution in [3.8, 4) is 0 Å². The third-order valence-corrected chi connectivity index (χ3v) is 5.32. The number of nitrogens with zero attached hydrogens (tertiary/aromatic N) is 4. The molecule has 5 nitrogen and oxygen atoms in total. The molecule has 2 aromatic rings. The first kappa shape index (κ1) is 21.3. The van der Waals surface area contributed by atoms with E-state index in [1.54, 1.807) is 0 Å². The van der Waals surface area contributed by atoms with Gasteiger partial charge in [-0.1, -0.05) is 29.3 Å². The third kappa shape index (κ3) is 5.04. The summed E-state index contributed by atoms with van der Waals surface area (Å²) in [5.74, 6) is 1.43.